The highest BCUT2D eigenvalue weighted by Gasteiger charge is 2.04. The normalized spacial score (nSPS) is 11.8. The van der Waals surface area contributed by atoms with Gasteiger partial charge in [-0.05, 0) is 25.5 Å². The maximum absolute atomic E-state index is 5.30. The maximum Gasteiger partial charge on any atom is 0.190 e. The predicted molar refractivity (Wildman–Crippen MR) is 87.2 cm³/mol. The Bertz CT molecular complexity index is 594. The van der Waals surface area contributed by atoms with Gasteiger partial charge in [0.15, 0.2) is 11.6 Å². The number of aliphatic imine (C=N–C) groups is 1. The van der Waals surface area contributed by atoms with Crippen molar-refractivity contribution in [3.8, 4) is 0 Å². The van der Waals surface area contributed by atoms with Crippen molar-refractivity contribution >= 4 is 11.6 Å². The smallest absolute Gasteiger partial charge is 0.190 e. The zero-order valence-corrected chi connectivity index (χ0v) is 13.2. The van der Waals surface area contributed by atoms with E-state index in [-0.39, 0.29) is 0 Å². The van der Waals surface area contributed by atoms with Crippen molar-refractivity contribution in [1.29, 1.82) is 0 Å². The van der Waals surface area contributed by atoms with Gasteiger partial charge in [0.2, 0.25) is 0 Å². The summed E-state index contributed by atoms with van der Waals surface area (Å²) in [5.41, 5.74) is 0.871. The fraction of sp³-hybridized carbons (Fsp3) is 0.533. The number of ether oxygens (including phenoxy) is 1. The minimum absolute atomic E-state index is 0.751. The average Bonchev–Trinajstić information content (AvgIpc) is 2.96. The third-order valence-electron chi connectivity index (χ3n) is 3.21. The summed E-state index contributed by atoms with van der Waals surface area (Å²) in [5, 5.41) is 14.9. The summed E-state index contributed by atoms with van der Waals surface area (Å²) in [6, 6.07) is 5.88. The molecule has 7 heteroatoms. The van der Waals surface area contributed by atoms with E-state index in [4.69, 9.17) is 4.74 Å². The Hall–Kier alpha value is -2.15. The van der Waals surface area contributed by atoms with E-state index in [2.05, 4.69) is 25.8 Å². The molecule has 22 heavy (non-hydrogen) atoms. The summed E-state index contributed by atoms with van der Waals surface area (Å²) in [7, 11) is 1.77. The van der Waals surface area contributed by atoms with Gasteiger partial charge in [-0.25, -0.2) is 0 Å². The van der Waals surface area contributed by atoms with Gasteiger partial charge in [0, 0.05) is 46.0 Å². The number of hydrogen-bond acceptors (Lipinski definition) is 4. The van der Waals surface area contributed by atoms with E-state index in [0.29, 0.717) is 0 Å². The predicted octanol–water partition coefficient (Wildman–Crippen LogP) is 0.863. The third-order valence-corrected chi connectivity index (χ3v) is 3.21. The van der Waals surface area contributed by atoms with Crippen LogP contribution >= 0.6 is 0 Å². The molecule has 2 heterocycles. The van der Waals surface area contributed by atoms with Gasteiger partial charge in [0.25, 0.3) is 0 Å². The van der Waals surface area contributed by atoms with Gasteiger partial charge in [-0.1, -0.05) is 6.07 Å². The van der Waals surface area contributed by atoms with Crippen LogP contribution in [0.1, 0.15) is 19.2 Å². The van der Waals surface area contributed by atoms with Crippen LogP contribution < -0.4 is 10.6 Å². The first-order valence-corrected chi connectivity index (χ1v) is 7.66. The molecule has 7 nitrogen and oxygen atoms in total. The van der Waals surface area contributed by atoms with Crippen molar-refractivity contribution in [2.24, 2.45) is 4.99 Å². The molecule has 2 aromatic heterocycles. The Balaban J connectivity index is 1.72. The number of rotatable bonds is 8. The largest absolute Gasteiger partial charge is 0.382 e. The fourth-order valence-electron chi connectivity index (χ4n) is 2.10. The van der Waals surface area contributed by atoms with Crippen LogP contribution in [0.2, 0.25) is 0 Å². The Morgan fingerprint density at radius 2 is 2.14 bits per heavy atom. The molecule has 0 unspecified atom stereocenters. The number of pyridine rings is 1. The van der Waals surface area contributed by atoms with Crippen molar-refractivity contribution < 1.29 is 4.74 Å². The highest BCUT2D eigenvalue weighted by Crippen LogP contribution is 2.02. The Morgan fingerprint density at radius 3 is 2.95 bits per heavy atom. The second-order valence-corrected chi connectivity index (χ2v) is 4.77. The van der Waals surface area contributed by atoms with Crippen molar-refractivity contribution in [3.63, 3.8) is 0 Å². The molecule has 2 rings (SSSR count). The lowest BCUT2D eigenvalue weighted by atomic mass is 10.4. The van der Waals surface area contributed by atoms with E-state index in [1.807, 2.05) is 35.7 Å². The molecule has 0 saturated carbocycles. The maximum atomic E-state index is 5.30. The molecule has 120 valence electrons. The molecule has 0 spiro atoms. The zero-order valence-electron chi connectivity index (χ0n) is 13.2. The second kappa shape index (κ2) is 8.99. The quantitative estimate of drug-likeness (QED) is 0.430. The number of aromatic nitrogens is 3. The van der Waals surface area contributed by atoms with Crippen LogP contribution in [0.25, 0.3) is 5.65 Å². The molecule has 0 bridgehead atoms. The number of nitrogens with one attached hydrogen (secondary N) is 2. The van der Waals surface area contributed by atoms with E-state index in [1.165, 1.54) is 0 Å². The van der Waals surface area contributed by atoms with Gasteiger partial charge in [0.05, 0.1) is 0 Å². The van der Waals surface area contributed by atoms with Gasteiger partial charge >= 0.3 is 0 Å². The van der Waals surface area contributed by atoms with E-state index in [0.717, 1.165) is 56.6 Å². The van der Waals surface area contributed by atoms with Crippen LogP contribution in [-0.4, -0.2) is 53.9 Å². The Morgan fingerprint density at radius 1 is 1.27 bits per heavy atom. The van der Waals surface area contributed by atoms with Crippen LogP contribution in [0, 0.1) is 0 Å². The fourth-order valence-corrected chi connectivity index (χ4v) is 2.10. The van der Waals surface area contributed by atoms with Gasteiger partial charge in [-0.15, -0.1) is 10.2 Å². The molecular formula is C15H24N6O. The summed E-state index contributed by atoms with van der Waals surface area (Å²) in [6.45, 7) is 5.13. The summed E-state index contributed by atoms with van der Waals surface area (Å²) in [5.74, 6) is 1.74. The van der Waals surface area contributed by atoms with Crippen molar-refractivity contribution in [3.05, 3.63) is 30.2 Å². The average molecular weight is 304 g/mol. The number of hydrogen-bond donors (Lipinski definition) is 2. The Labute approximate surface area is 130 Å². The molecule has 0 aromatic carbocycles. The second-order valence-electron chi connectivity index (χ2n) is 4.77. The first kappa shape index (κ1) is 16.2. The summed E-state index contributed by atoms with van der Waals surface area (Å²) >= 11 is 0. The van der Waals surface area contributed by atoms with Crippen molar-refractivity contribution in [2.75, 3.05) is 33.4 Å². The summed E-state index contributed by atoms with van der Waals surface area (Å²) in [6.07, 6.45) is 3.72. The van der Waals surface area contributed by atoms with Crippen molar-refractivity contribution in [2.45, 2.75) is 19.8 Å². The summed E-state index contributed by atoms with van der Waals surface area (Å²) in [4.78, 5) is 4.20. The molecule has 0 atom stereocenters. The van der Waals surface area contributed by atoms with Crippen LogP contribution in [-0.2, 0) is 11.2 Å². The topological polar surface area (TPSA) is 75.8 Å². The number of guanidine groups is 1. The lowest BCUT2D eigenvalue weighted by molar-refractivity contribution is 0.145. The third kappa shape index (κ3) is 4.70. The van der Waals surface area contributed by atoms with Gasteiger partial charge in [-0.3, -0.25) is 9.39 Å². The van der Waals surface area contributed by atoms with Gasteiger partial charge < -0.3 is 15.4 Å². The number of nitrogens with zero attached hydrogens (tertiary/aromatic N) is 4. The van der Waals surface area contributed by atoms with Crippen molar-refractivity contribution in [1.82, 2.24) is 25.2 Å². The van der Waals surface area contributed by atoms with E-state index in [9.17, 15) is 0 Å². The molecular weight excluding hydrogens is 280 g/mol. The van der Waals surface area contributed by atoms with Crippen LogP contribution in [0.3, 0.4) is 0 Å². The van der Waals surface area contributed by atoms with E-state index < -0.39 is 0 Å². The lowest BCUT2D eigenvalue weighted by Crippen LogP contribution is -2.39. The highest BCUT2D eigenvalue weighted by molar-refractivity contribution is 5.79. The van der Waals surface area contributed by atoms with E-state index >= 15 is 0 Å². The van der Waals surface area contributed by atoms with Crippen LogP contribution in [0.5, 0.6) is 0 Å². The minimum Gasteiger partial charge on any atom is -0.382 e. The van der Waals surface area contributed by atoms with E-state index in [1.54, 1.807) is 7.05 Å². The Kier molecular flexibility index (Phi) is 6.63. The standard InChI is InChI=1S/C15H24N6O/c1-3-22-12-6-9-17-15(16-2)18-10-8-14-20-19-13-7-4-5-11-21(13)14/h4-5,7,11H,3,6,8-10,12H2,1-2H3,(H2,16,17,18). The van der Waals surface area contributed by atoms with Crippen LogP contribution in [0.4, 0.5) is 0 Å². The monoisotopic (exact) mass is 304 g/mol. The highest BCUT2D eigenvalue weighted by atomic mass is 16.5. The first-order valence-electron chi connectivity index (χ1n) is 7.66. The summed E-state index contributed by atoms with van der Waals surface area (Å²) < 4.78 is 7.30. The molecule has 0 aliphatic carbocycles. The minimum atomic E-state index is 0.751. The first-order chi connectivity index (χ1) is 10.8. The zero-order chi connectivity index (χ0) is 15.6. The molecule has 0 fully saturated rings. The molecule has 0 aliphatic heterocycles. The molecule has 2 aromatic rings. The molecule has 0 aliphatic rings. The number of fused-ring (bicyclic) bond motifs is 1. The van der Waals surface area contributed by atoms with Crippen LogP contribution in [0.15, 0.2) is 29.4 Å². The lowest BCUT2D eigenvalue weighted by Gasteiger charge is -2.11. The molecule has 0 amide bonds. The van der Waals surface area contributed by atoms with Gasteiger partial charge in [0.1, 0.15) is 5.82 Å². The molecule has 0 radical (unpaired) electrons. The molecule has 2 N–H and O–H groups in total. The SMILES string of the molecule is CCOCCCNC(=NC)NCCc1nnc2ccccn12. The van der Waals surface area contributed by atoms with Gasteiger partial charge in [-0.2, -0.15) is 0 Å². The molecule has 0 saturated heterocycles.